The van der Waals surface area contributed by atoms with Crippen LogP contribution in [0.3, 0.4) is 0 Å². The first-order valence-corrected chi connectivity index (χ1v) is 9.65. The van der Waals surface area contributed by atoms with Crippen LogP contribution in [0.4, 0.5) is 5.82 Å². The van der Waals surface area contributed by atoms with Crippen molar-refractivity contribution in [2.45, 2.75) is 26.8 Å². The molecule has 144 valence electrons. The molecule has 0 aliphatic rings. The monoisotopic (exact) mass is 383 g/mol. The maximum Gasteiger partial charge on any atom is 0.167 e. The van der Waals surface area contributed by atoms with Crippen LogP contribution in [0.5, 0.6) is 0 Å². The first-order valence-electron chi connectivity index (χ1n) is 9.65. The number of aromatic nitrogens is 4. The predicted molar refractivity (Wildman–Crippen MR) is 115 cm³/mol. The van der Waals surface area contributed by atoms with E-state index in [0.29, 0.717) is 6.04 Å². The van der Waals surface area contributed by atoms with Gasteiger partial charge >= 0.3 is 0 Å². The Hall–Kier alpha value is -3.67. The average Bonchev–Trinajstić information content (AvgIpc) is 3.28. The van der Waals surface area contributed by atoms with Gasteiger partial charge in [0.1, 0.15) is 11.5 Å². The molecule has 0 atom stereocenters. The highest BCUT2D eigenvalue weighted by Crippen LogP contribution is 2.32. The highest BCUT2D eigenvalue weighted by atomic mass is 16.5. The minimum atomic E-state index is 0.291. The number of nitrogens with one attached hydrogen (secondary N) is 1. The molecule has 0 radical (unpaired) electrons. The third-order valence-corrected chi connectivity index (χ3v) is 5.00. The van der Waals surface area contributed by atoms with Gasteiger partial charge in [-0.25, -0.2) is 4.98 Å². The number of rotatable bonds is 4. The molecule has 0 aliphatic carbocycles. The van der Waals surface area contributed by atoms with Crippen molar-refractivity contribution in [3.05, 3.63) is 66.7 Å². The lowest BCUT2D eigenvalue weighted by molar-refractivity contribution is 0.450. The standard InChI is InChI=1S/C23H21N5O/c1-14(2)25-23-22(26-21-13-24-10-11-28(21)23)17-6-4-16(5-7-17)18-8-9-20-19(12-18)15(3)27-29-20/h4-14,25H,1-3H3. The zero-order valence-corrected chi connectivity index (χ0v) is 16.5. The summed E-state index contributed by atoms with van der Waals surface area (Å²) in [6, 6.07) is 14.9. The molecule has 5 rings (SSSR count). The molecule has 0 saturated carbocycles. The van der Waals surface area contributed by atoms with Crippen LogP contribution in [0, 0.1) is 6.92 Å². The van der Waals surface area contributed by atoms with E-state index in [1.165, 1.54) is 0 Å². The number of fused-ring (bicyclic) bond motifs is 2. The summed E-state index contributed by atoms with van der Waals surface area (Å²) in [5, 5.41) is 8.60. The van der Waals surface area contributed by atoms with E-state index >= 15 is 0 Å². The number of benzene rings is 2. The molecule has 3 aromatic heterocycles. The van der Waals surface area contributed by atoms with Crippen LogP contribution >= 0.6 is 0 Å². The van der Waals surface area contributed by atoms with E-state index in [0.717, 1.165) is 50.5 Å². The molecule has 6 nitrogen and oxygen atoms in total. The fraction of sp³-hybridized carbons (Fsp3) is 0.174. The molecule has 0 amide bonds. The summed E-state index contributed by atoms with van der Waals surface area (Å²) >= 11 is 0. The van der Waals surface area contributed by atoms with E-state index in [1.54, 1.807) is 12.4 Å². The molecular formula is C23H21N5O. The first kappa shape index (κ1) is 17.4. The number of imidazole rings is 1. The topological polar surface area (TPSA) is 68.2 Å². The smallest absolute Gasteiger partial charge is 0.167 e. The summed E-state index contributed by atoms with van der Waals surface area (Å²) in [6.07, 6.45) is 5.48. The molecule has 0 unspecified atom stereocenters. The Bertz CT molecular complexity index is 1310. The highest BCUT2D eigenvalue weighted by molar-refractivity contribution is 5.85. The number of aryl methyl sites for hydroxylation is 1. The highest BCUT2D eigenvalue weighted by Gasteiger charge is 2.15. The van der Waals surface area contributed by atoms with Gasteiger partial charge in [-0.05, 0) is 44.0 Å². The largest absolute Gasteiger partial charge is 0.367 e. The summed E-state index contributed by atoms with van der Waals surface area (Å²) in [5.41, 5.74) is 6.79. The summed E-state index contributed by atoms with van der Waals surface area (Å²) < 4.78 is 7.36. The molecule has 0 aliphatic heterocycles. The molecule has 0 saturated heterocycles. The van der Waals surface area contributed by atoms with Gasteiger partial charge in [0.15, 0.2) is 11.2 Å². The van der Waals surface area contributed by atoms with Crippen molar-refractivity contribution in [2.75, 3.05) is 5.32 Å². The zero-order chi connectivity index (χ0) is 20.0. The number of hydrogen-bond donors (Lipinski definition) is 1. The SMILES string of the molecule is Cc1noc2ccc(-c3ccc(-c4nc5cnccn5c4NC(C)C)cc3)cc12. The van der Waals surface area contributed by atoms with Crippen LogP contribution in [-0.2, 0) is 0 Å². The second-order valence-corrected chi connectivity index (χ2v) is 7.47. The minimum Gasteiger partial charge on any atom is -0.367 e. The van der Waals surface area contributed by atoms with E-state index in [-0.39, 0.29) is 0 Å². The van der Waals surface area contributed by atoms with Crippen LogP contribution in [0.25, 0.3) is 39.0 Å². The molecule has 0 fully saturated rings. The van der Waals surface area contributed by atoms with Gasteiger partial charge in [-0.15, -0.1) is 0 Å². The fourth-order valence-corrected chi connectivity index (χ4v) is 3.58. The molecule has 6 heteroatoms. The summed E-state index contributed by atoms with van der Waals surface area (Å²) in [7, 11) is 0. The van der Waals surface area contributed by atoms with Gasteiger partial charge in [0.2, 0.25) is 0 Å². The van der Waals surface area contributed by atoms with Gasteiger partial charge in [-0.2, -0.15) is 0 Å². The Morgan fingerprint density at radius 2 is 1.76 bits per heavy atom. The Kier molecular flexibility index (Phi) is 4.05. The maximum absolute atomic E-state index is 5.32. The normalized spacial score (nSPS) is 11.6. The molecule has 0 bridgehead atoms. The van der Waals surface area contributed by atoms with Crippen LogP contribution in [0.1, 0.15) is 19.5 Å². The van der Waals surface area contributed by atoms with Crippen LogP contribution in [-0.4, -0.2) is 25.6 Å². The van der Waals surface area contributed by atoms with Crippen molar-refractivity contribution in [1.29, 1.82) is 0 Å². The molecule has 2 aromatic carbocycles. The van der Waals surface area contributed by atoms with Gasteiger partial charge in [0.25, 0.3) is 0 Å². The summed E-state index contributed by atoms with van der Waals surface area (Å²) in [4.78, 5) is 9.00. The number of hydrogen-bond acceptors (Lipinski definition) is 5. The molecule has 3 heterocycles. The molecule has 0 spiro atoms. The second kappa shape index (κ2) is 6.74. The lowest BCUT2D eigenvalue weighted by Gasteiger charge is -2.12. The second-order valence-electron chi connectivity index (χ2n) is 7.47. The van der Waals surface area contributed by atoms with Crippen molar-refractivity contribution in [1.82, 2.24) is 19.5 Å². The molecule has 1 N–H and O–H groups in total. The Morgan fingerprint density at radius 3 is 2.55 bits per heavy atom. The Labute approximate surface area is 168 Å². The molecule has 29 heavy (non-hydrogen) atoms. The number of nitrogens with zero attached hydrogens (tertiary/aromatic N) is 4. The van der Waals surface area contributed by atoms with Crippen molar-refractivity contribution in [3.8, 4) is 22.4 Å². The van der Waals surface area contributed by atoms with Crippen molar-refractivity contribution >= 4 is 22.4 Å². The van der Waals surface area contributed by atoms with E-state index in [4.69, 9.17) is 9.51 Å². The third-order valence-electron chi connectivity index (χ3n) is 5.00. The Morgan fingerprint density at radius 1 is 1.00 bits per heavy atom. The van der Waals surface area contributed by atoms with Gasteiger partial charge in [0.05, 0.1) is 11.9 Å². The lowest BCUT2D eigenvalue weighted by Crippen LogP contribution is -2.12. The predicted octanol–water partition coefficient (Wildman–Crippen LogP) is 5.33. The maximum atomic E-state index is 5.32. The fourth-order valence-electron chi connectivity index (χ4n) is 3.58. The Balaban J connectivity index is 1.57. The third kappa shape index (κ3) is 3.02. The van der Waals surface area contributed by atoms with Crippen molar-refractivity contribution in [2.24, 2.45) is 0 Å². The van der Waals surface area contributed by atoms with Crippen LogP contribution in [0.2, 0.25) is 0 Å². The van der Waals surface area contributed by atoms with Crippen molar-refractivity contribution < 1.29 is 4.52 Å². The van der Waals surface area contributed by atoms with Gasteiger partial charge in [0, 0.05) is 29.4 Å². The van der Waals surface area contributed by atoms with Gasteiger partial charge in [-0.3, -0.25) is 9.38 Å². The van der Waals surface area contributed by atoms with E-state index in [9.17, 15) is 0 Å². The molecular weight excluding hydrogens is 362 g/mol. The first-order chi connectivity index (χ1) is 14.1. The van der Waals surface area contributed by atoms with E-state index < -0.39 is 0 Å². The van der Waals surface area contributed by atoms with E-state index in [1.807, 2.05) is 23.6 Å². The molecule has 5 aromatic rings. The minimum absolute atomic E-state index is 0.291. The lowest BCUT2D eigenvalue weighted by atomic mass is 10.0. The quantitative estimate of drug-likeness (QED) is 0.454. The zero-order valence-electron chi connectivity index (χ0n) is 16.5. The van der Waals surface area contributed by atoms with Crippen LogP contribution < -0.4 is 5.32 Å². The summed E-state index contributed by atoms with van der Waals surface area (Å²) in [5.74, 6) is 0.978. The number of anilines is 1. The summed E-state index contributed by atoms with van der Waals surface area (Å²) in [6.45, 7) is 6.20. The van der Waals surface area contributed by atoms with Gasteiger partial charge in [-0.1, -0.05) is 35.5 Å². The van der Waals surface area contributed by atoms with Gasteiger partial charge < -0.3 is 9.84 Å². The average molecular weight is 383 g/mol. The van der Waals surface area contributed by atoms with Crippen LogP contribution in [0.15, 0.2) is 65.6 Å². The van der Waals surface area contributed by atoms with E-state index in [2.05, 4.69) is 65.7 Å². The van der Waals surface area contributed by atoms with Crippen molar-refractivity contribution in [3.63, 3.8) is 0 Å².